The molecule has 0 bridgehead atoms. The summed E-state index contributed by atoms with van der Waals surface area (Å²) >= 11 is 0. The van der Waals surface area contributed by atoms with E-state index in [0.717, 1.165) is 53.9 Å². The zero-order valence-corrected chi connectivity index (χ0v) is 21.0. The number of benzene rings is 2. The molecule has 0 saturated heterocycles. The quantitative estimate of drug-likeness (QED) is 0.486. The van der Waals surface area contributed by atoms with Crippen LogP contribution in [0.25, 0.3) is 16.8 Å². The van der Waals surface area contributed by atoms with Gasteiger partial charge in [0.05, 0.1) is 18.5 Å². The lowest BCUT2D eigenvalue weighted by Crippen LogP contribution is -2.45. The van der Waals surface area contributed by atoms with Gasteiger partial charge in [-0.2, -0.15) is 5.10 Å². The van der Waals surface area contributed by atoms with Crippen molar-refractivity contribution in [1.82, 2.24) is 14.7 Å². The van der Waals surface area contributed by atoms with Crippen LogP contribution in [0.4, 0.5) is 5.82 Å². The molecule has 7 heteroatoms. The SMILES string of the molecule is COc1ccc(-n2nc(C)c(-c3ccccc3)c2NC(=O)CN(C(=O)C2CCCC2)C(C)C)cc1. The van der Waals surface area contributed by atoms with Crippen LogP contribution in [0.3, 0.4) is 0 Å². The van der Waals surface area contributed by atoms with E-state index in [2.05, 4.69) is 5.32 Å². The zero-order valence-electron chi connectivity index (χ0n) is 21.0. The van der Waals surface area contributed by atoms with Gasteiger partial charge < -0.3 is 15.0 Å². The second-order valence-electron chi connectivity index (χ2n) is 9.37. The monoisotopic (exact) mass is 474 g/mol. The van der Waals surface area contributed by atoms with Gasteiger partial charge in [-0.05, 0) is 63.4 Å². The third-order valence-corrected chi connectivity index (χ3v) is 6.62. The van der Waals surface area contributed by atoms with Gasteiger partial charge in [0.15, 0.2) is 0 Å². The first kappa shape index (κ1) is 24.5. The van der Waals surface area contributed by atoms with Gasteiger partial charge in [-0.25, -0.2) is 4.68 Å². The van der Waals surface area contributed by atoms with Crippen molar-refractivity contribution < 1.29 is 14.3 Å². The summed E-state index contributed by atoms with van der Waals surface area (Å²) in [5.74, 6) is 1.19. The van der Waals surface area contributed by atoms with Crippen LogP contribution in [0.5, 0.6) is 5.75 Å². The van der Waals surface area contributed by atoms with Gasteiger partial charge in [-0.15, -0.1) is 0 Å². The predicted octanol–water partition coefficient (Wildman–Crippen LogP) is 5.22. The van der Waals surface area contributed by atoms with E-state index in [1.165, 1.54) is 0 Å². The van der Waals surface area contributed by atoms with Gasteiger partial charge in [-0.3, -0.25) is 9.59 Å². The Morgan fingerprint density at radius 3 is 2.34 bits per heavy atom. The number of ether oxygens (including phenoxy) is 1. The molecule has 2 aromatic carbocycles. The Kier molecular flexibility index (Phi) is 7.54. The highest BCUT2D eigenvalue weighted by Crippen LogP contribution is 2.34. The van der Waals surface area contributed by atoms with Crippen molar-refractivity contribution in [3.05, 3.63) is 60.3 Å². The number of nitrogens with one attached hydrogen (secondary N) is 1. The van der Waals surface area contributed by atoms with E-state index in [-0.39, 0.29) is 30.3 Å². The molecule has 4 rings (SSSR count). The Balaban J connectivity index is 1.67. The lowest BCUT2D eigenvalue weighted by Gasteiger charge is -2.29. The van der Waals surface area contributed by atoms with Gasteiger partial charge >= 0.3 is 0 Å². The molecule has 1 fully saturated rings. The highest BCUT2D eigenvalue weighted by atomic mass is 16.5. The zero-order chi connectivity index (χ0) is 24.9. The first-order valence-electron chi connectivity index (χ1n) is 12.3. The number of aryl methyl sites for hydroxylation is 1. The molecule has 35 heavy (non-hydrogen) atoms. The smallest absolute Gasteiger partial charge is 0.245 e. The first-order valence-corrected chi connectivity index (χ1v) is 12.3. The molecule has 0 unspecified atom stereocenters. The Hall–Kier alpha value is -3.61. The summed E-state index contributed by atoms with van der Waals surface area (Å²) in [6, 6.07) is 17.4. The first-order chi connectivity index (χ1) is 16.9. The van der Waals surface area contributed by atoms with Crippen LogP contribution < -0.4 is 10.1 Å². The minimum Gasteiger partial charge on any atom is -0.497 e. The van der Waals surface area contributed by atoms with E-state index in [4.69, 9.17) is 9.84 Å². The van der Waals surface area contributed by atoms with E-state index >= 15 is 0 Å². The number of methoxy groups -OCH3 is 1. The molecule has 1 aromatic heterocycles. The highest BCUT2D eigenvalue weighted by Gasteiger charge is 2.30. The second-order valence-corrected chi connectivity index (χ2v) is 9.37. The fourth-order valence-corrected chi connectivity index (χ4v) is 4.75. The molecular weight excluding hydrogens is 440 g/mol. The van der Waals surface area contributed by atoms with Crippen LogP contribution in [0.15, 0.2) is 54.6 Å². The van der Waals surface area contributed by atoms with E-state index in [9.17, 15) is 9.59 Å². The minimum absolute atomic E-state index is 0.00801. The van der Waals surface area contributed by atoms with Crippen LogP contribution in [0, 0.1) is 12.8 Å². The highest BCUT2D eigenvalue weighted by molar-refractivity contribution is 5.98. The molecule has 7 nitrogen and oxygen atoms in total. The van der Waals surface area contributed by atoms with Crippen LogP contribution in [0.2, 0.25) is 0 Å². The van der Waals surface area contributed by atoms with E-state index in [1.54, 1.807) is 16.7 Å². The Morgan fingerprint density at radius 2 is 1.74 bits per heavy atom. The third-order valence-electron chi connectivity index (χ3n) is 6.62. The molecular formula is C28H34N4O3. The fraction of sp³-hybridized carbons (Fsp3) is 0.393. The number of carbonyl (C=O) groups is 2. The third kappa shape index (κ3) is 5.39. The predicted molar refractivity (Wildman–Crippen MR) is 138 cm³/mol. The molecule has 0 spiro atoms. The standard InChI is InChI=1S/C28H34N4O3/c1-19(2)31(28(34)22-12-8-9-13-22)18-25(33)29-27-26(21-10-6-5-7-11-21)20(3)30-32(27)23-14-16-24(35-4)17-15-23/h5-7,10-11,14-17,19,22H,8-9,12-13,18H2,1-4H3,(H,29,33). The van der Waals surface area contributed by atoms with Gasteiger partial charge in [0, 0.05) is 17.5 Å². The topological polar surface area (TPSA) is 76.5 Å². The number of rotatable bonds is 8. The maximum atomic E-state index is 13.4. The summed E-state index contributed by atoms with van der Waals surface area (Å²) in [6.07, 6.45) is 3.97. The average Bonchev–Trinajstić information content (AvgIpc) is 3.51. The van der Waals surface area contributed by atoms with Crippen LogP contribution in [0.1, 0.15) is 45.2 Å². The summed E-state index contributed by atoms with van der Waals surface area (Å²) in [7, 11) is 1.62. The lowest BCUT2D eigenvalue weighted by molar-refractivity contribution is -0.140. The Bertz CT molecular complexity index is 1160. The van der Waals surface area contributed by atoms with E-state index in [0.29, 0.717) is 5.82 Å². The molecule has 0 radical (unpaired) electrons. The summed E-state index contributed by atoms with van der Waals surface area (Å²) in [5, 5.41) is 7.85. The molecule has 1 heterocycles. The van der Waals surface area contributed by atoms with E-state index < -0.39 is 0 Å². The van der Waals surface area contributed by atoms with Gasteiger partial charge in [0.25, 0.3) is 0 Å². The number of amides is 2. The summed E-state index contributed by atoms with van der Waals surface area (Å²) < 4.78 is 7.04. The van der Waals surface area contributed by atoms with Gasteiger partial charge in [0.2, 0.25) is 11.8 Å². The van der Waals surface area contributed by atoms with Gasteiger partial charge in [-0.1, -0.05) is 43.2 Å². The van der Waals surface area contributed by atoms with Crippen LogP contribution in [-0.2, 0) is 9.59 Å². The molecule has 1 aliphatic rings. The molecule has 3 aromatic rings. The molecule has 184 valence electrons. The van der Waals surface area contributed by atoms with Crippen molar-refractivity contribution >= 4 is 17.6 Å². The van der Waals surface area contributed by atoms with Crippen molar-refractivity contribution in [2.24, 2.45) is 5.92 Å². The average molecular weight is 475 g/mol. The van der Waals surface area contributed by atoms with Crippen molar-refractivity contribution in [3.8, 4) is 22.6 Å². The van der Waals surface area contributed by atoms with Crippen molar-refractivity contribution in [2.75, 3.05) is 19.0 Å². The molecule has 0 atom stereocenters. The molecule has 1 N–H and O–H groups in total. The summed E-state index contributed by atoms with van der Waals surface area (Å²) in [6.45, 7) is 5.86. The number of nitrogens with zero attached hydrogens (tertiary/aromatic N) is 3. The normalized spacial score (nSPS) is 13.7. The summed E-state index contributed by atoms with van der Waals surface area (Å²) in [5.41, 5.74) is 3.41. The van der Waals surface area contributed by atoms with Gasteiger partial charge in [0.1, 0.15) is 18.1 Å². The van der Waals surface area contributed by atoms with Crippen molar-refractivity contribution in [2.45, 2.75) is 52.5 Å². The number of hydrogen-bond donors (Lipinski definition) is 1. The maximum absolute atomic E-state index is 13.4. The van der Waals surface area contributed by atoms with E-state index in [1.807, 2.05) is 75.4 Å². The minimum atomic E-state index is -0.239. The molecule has 1 saturated carbocycles. The number of carbonyl (C=O) groups excluding carboxylic acids is 2. The number of anilines is 1. The molecule has 0 aliphatic heterocycles. The maximum Gasteiger partial charge on any atom is 0.245 e. The van der Waals surface area contributed by atoms with Crippen LogP contribution >= 0.6 is 0 Å². The Labute approximate surface area is 207 Å². The van der Waals surface area contributed by atoms with Crippen LogP contribution in [-0.4, -0.2) is 46.2 Å². The lowest BCUT2D eigenvalue weighted by atomic mass is 10.1. The molecule has 2 amide bonds. The van der Waals surface area contributed by atoms with Crippen molar-refractivity contribution in [3.63, 3.8) is 0 Å². The second kappa shape index (κ2) is 10.8. The van der Waals surface area contributed by atoms with Crippen molar-refractivity contribution in [1.29, 1.82) is 0 Å². The number of hydrogen-bond acceptors (Lipinski definition) is 4. The Morgan fingerprint density at radius 1 is 1.09 bits per heavy atom. The molecule has 1 aliphatic carbocycles. The largest absolute Gasteiger partial charge is 0.497 e. The number of aromatic nitrogens is 2. The summed E-state index contributed by atoms with van der Waals surface area (Å²) in [4.78, 5) is 28.2. The fourth-order valence-electron chi connectivity index (χ4n) is 4.75.